The number of anilines is 2. The van der Waals surface area contributed by atoms with Crippen molar-refractivity contribution in [3.05, 3.63) is 78.4 Å². The molecule has 7 heteroatoms. The van der Waals surface area contributed by atoms with Gasteiger partial charge >= 0.3 is 6.03 Å². The Kier molecular flexibility index (Phi) is 6.46. The van der Waals surface area contributed by atoms with E-state index in [1.807, 2.05) is 60.7 Å². The quantitative estimate of drug-likeness (QED) is 0.314. The van der Waals surface area contributed by atoms with Gasteiger partial charge in [-0.1, -0.05) is 48.5 Å². The lowest BCUT2D eigenvalue weighted by Gasteiger charge is -2.07. The lowest BCUT2D eigenvalue weighted by atomic mass is 10.0. The van der Waals surface area contributed by atoms with Crippen molar-refractivity contribution in [1.82, 2.24) is 15.5 Å². The Balaban J connectivity index is 1.37. The van der Waals surface area contributed by atoms with Crippen molar-refractivity contribution < 1.29 is 9.59 Å². The molecule has 0 aliphatic carbocycles. The summed E-state index contributed by atoms with van der Waals surface area (Å²) in [5, 5.41) is 16.5. The van der Waals surface area contributed by atoms with Gasteiger partial charge in [0.15, 0.2) is 5.82 Å². The molecular formula is C25H25N5O2. The van der Waals surface area contributed by atoms with E-state index in [1.165, 1.54) is 12.5 Å². The van der Waals surface area contributed by atoms with Crippen LogP contribution in [0.25, 0.3) is 22.0 Å². The van der Waals surface area contributed by atoms with E-state index in [9.17, 15) is 9.59 Å². The van der Waals surface area contributed by atoms with Crippen LogP contribution in [0.2, 0.25) is 0 Å². The minimum atomic E-state index is -0.279. The van der Waals surface area contributed by atoms with E-state index in [2.05, 4.69) is 38.3 Å². The molecule has 0 fully saturated rings. The van der Waals surface area contributed by atoms with Crippen molar-refractivity contribution in [1.29, 1.82) is 0 Å². The predicted molar refractivity (Wildman–Crippen MR) is 128 cm³/mol. The first-order chi connectivity index (χ1) is 15.6. The molecule has 4 N–H and O–H groups in total. The zero-order valence-electron chi connectivity index (χ0n) is 17.8. The monoisotopic (exact) mass is 427 g/mol. The molecule has 1 aromatic heterocycles. The van der Waals surface area contributed by atoms with Gasteiger partial charge < -0.3 is 10.6 Å². The second-order valence-corrected chi connectivity index (χ2v) is 7.56. The Morgan fingerprint density at radius 1 is 0.906 bits per heavy atom. The Hall–Kier alpha value is -4.13. The van der Waals surface area contributed by atoms with Gasteiger partial charge in [-0.2, -0.15) is 5.10 Å². The first kappa shape index (κ1) is 21.1. The number of hydrogen-bond donors (Lipinski definition) is 4. The van der Waals surface area contributed by atoms with Gasteiger partial charge in [-0.3, -0.25) is 15.2 Å². The number of nitrogens with zero attached hydrogens (tertiary/aromatic N) is 1. The van der Waals surface area contributed by atoms with Gasteiger partial charge in [0.1, 0.15) is 0 Å². The number of carbonyl (C=O) groups excluding carboxylic acids is 2. The van der Waals surface area contributed by atoms with Crippen LogP contribution in [0.5, 0.6) is 0 Å². The van der Waals surface area contributed by atoms with E-state index in [4.69, 9.17) is 0 Å². The number of rotatable bonds is 7. The largest absolute Gasteiger partial charge is 0.338 e. The molecule has 4 rings (SSSR count). The maximum absolute atomic E-state index is 12.3. The third-order valence-corrected chi connectivity index (χ3v) is 5.08. The standard InChI is InChI=1S/C25H25N5O2/c1-17(31)27-21-11-5-10-19(15-21)20-12-13-22-23(16-20)29-30-24(22)28-25(32)26-14-6-9-18-7-3-2-4-8-18/h2-5,7-8,10-13,15-16H,6,9,14H2,1H3,(H,27,31)(H3,26,28,29,30,32). The summed E-state index contributed by atoms with van der Waals surface area (Å²) in [7, 11) is 0. The van der Waals surface area contributed by atoms with Crippen LogP contribution in [-0.4, -0.2) is 28.7 Å². The average molecular weight is 428 g/mol. The fourth-order valence-corrected chi connectivity index (χ4v) is 3.57. The summed E-state index contributed by atoms with van der Waals surface area (Å²) in [6.07, 6.45) is 1.78. The van der Waals surface area contributed by atoms with Crippen LogP contribution in [0, 0.1) is 0 Å². The summed E-state index contributed by atoms with van der Waals surface area (Å²) in [5.41, 5.74) is 4.76. The van der Waals surface area contributed by atoms with Crippen LogP contribution >= 0.6 is 0 Å². The molecule has 0 aliphatic rings. The molecule has 0 bridgehead atoms. The number of benzene rings is 3. The van der Waals surface area contributed by atoms with Crippen molar-refractivity contribution >= 4 is 34.3 Å². The highest BCUT2D eigenvalue weighted by Crippen LogP contribution is 2.28. The van der Waals surface area contributed by atoms with Gasteiger partial charge in [-0.15, -0.1) is 0 Å². The van der Waals surface area contributed by atoms with E-state index >= 15 is 0 Å². The molecule has 162 valence electrons. The number of carbonyl (C=O) groups is 2. The van der Waals surface area contributed by atoms with Crippen molar-refractivity contribution in [2.45, 2.75) is 19.8 Å². The lowest BCUT2D eigenvalue weighted by Crippen LogP contribution is -2.29. The minimum absolute atomic E-state index is 0.111. The van der Waals surface area contributed by atoms with Crippen molar-refractivity contribution in [3.63, 3.8) is 0 Å². The molecule has 4 aromatic rings. The highest BCUT2D eigenvalue weighted by molar-refractivity contribution is 6.00. The SMILES string of the molecule is CC(=O)Nc1cccc(-c2ccc3c(NC(=O)NCCCc4ccccc4)n[nH]c3c2)c1. The maximum Gasteiger partial charge on any atom is 0.320 e. The Morgan fingerprint density at radius 2 is 1.72 bits per heavy atom. The van der Waals surface area contributed by atoms with Crippen LogP contribution in [-0.2, 0) is 11.2 Å². The molecule has 0 saturated carbocycles. The summed E-state index contributed by atoms with van der Waals surface area (Å²) < 4.78 is 0. The predicted octanol–water partition coefficient (Wildman–Crippen LogP) is 4.94. The normalized spacial score (nSPS) is 10.7. The first-order valence-corrected chi connectivity index (χ1v) is 10.5. The smallest absolute Gasteiger partial charge is 0.320 e. The number of urea groups is 1. The number of fused-ring (bicyclic) bond motifs is 1. The van der Waals surface area contributed by atoms with Gasteiger partial charge in [0.25, 0.3) is 0 Å². The van der Waals surface area contributed by atoms with E-state index in [1.54, 1.807) is 0 Å². The topological polar surface area (TPSA) is 98.9 Å². The summed E-state index contributed by atoms with van der Waals surface area (Å²) in [6.45, 7) is 2.06. The Bertz CT molecular complexity index is 1230. The fourth-order valence-electron chi connectivity index (χ4n) is 3.57. The van der Waals surface area contributed by atoms with Crippen LogP contribution in [0.3, 0.4) is 0 Å². The Morgan fingerprint density at radius 3 is 2.53 bits per heavy atom. The molecule has 0 unspecified atom stereocenters. The van der Waals surface area contributed by atoms with Crippen LogP contribution in [0.4, 0.5) is 16.3 Å². The second-order valence-electron chi connectivity index (χ2n) is 7.56. The fraction of sp³-hybridized carbons (Fsp3) is 0.160. The summed E-state index contributed by atoms with van der Waals surface area (Å²) >= 11 is 0. The summed E-state index contributed by atoms with van der Waals surface area (Å²) in [6, 6.07) is 23.4. The molecule has 0 atom stereocenters. The summed E-state index contributed by atoms with van der Waals surface area (Å²) in [4.78, 5) is 23.6. The minimum Gasteiger partial charge on any atom is -0.338 e. The molecule has 0 aliphatic heterocycles. The lowest BCUT2D eigenvalue weighted by molar-refractivity contribution is -0.114. The third-order valence-electron chi connectivity index (χ3n) is 5.08. The highest BCUT2D eigenvalue weighted by Gasteiger charge is 2.10. The van der Waals surface area contributed by atoms with Crippen LogP contribution in [0.15, 0.2) is 72.8 Å². The molecule has 0 spiro atoms. The first-order valence-electron chi connectivity index (χ1n) is 10.5. The van der Waals surface area contributed by atoms with Gasteiger partial charge in [-0.05, 0) is 53.8 Å². The maximum atomic E-state index is 12.3. The number of hydrogen-bond acceptors (Lipinski definition) is 3. The number of aromatic amines is 1. The average Bonchev–Trinajstić information content (AvgIpc) is 3.19. The molecular weight excluding hydrogens is 402 g/mol. The molecule has 3 aromatic carbocycles. The zero-order chi connectivity index (χ0) is 22.3. The third kappa shape index (κ3) is 5.31. The van der Waals surface area contributed by atoms with Crippen molar-refractivity contribution in [2.75, 3.05) is 17.2 Å². The van der Waals surface area contributed by atoms with Gasteiger partial charge in [0.2, 0.25) is 5.91 Å². The van der Waals surface area contributed by atoms with Crippen LogP contribution in [0.1, 0.15) is 18.9 Å². The van der Waals surface area contributed by atoms with Crippen molar-refractivity contribution in [3.8, 4) is 11.1 Å². The number of nitrogens with one attached hydrogen (secondary N) is 4. The molecule has 0 radical (unpaired) electrons. The molecule has 0 saturated heterocycles. The number of H-pyrrole nitrogens is 1. The highest BCUT2D eigenvalue weighted by atomic mass is 16.2. The number of amides is 3. The van der Waals surface area contributed by atoms with Gasteiger partial charge in [0, 0.05) is 24.5 Å². The van der Waals surface area contributed by atoms with Gasteiger partial charge in [0.05, 0.1) is 5.52 Å². The summed E-state index contributed by atoms with van der Waals surface area (Å²) in [5.74, 6) is 0.374. The van der Waals surface area contributed by atoms with E-state index in [-0.39, 0.29) is 11.9 Å². The van der Waals surface area contributed by atoms with E-state index in [0.29, 0.717) is 12.4 Å². The Labute approximate surface area is 186 Å². The molecule has 3 amide bonds. The molecule has 1 heterocycles. The number of aromatic nitrogens is 2. The zero-order valence-corrected chi connectivity index (χ0v) is 17.8. The number of aryl methyl sites for hydroxylation is 1. The molecule has 32 heavy (non-hydrogen) atoms. The van der Waals surface area contributed by atoms with Gasteiger partial charge in [-0.25, -0.2) is 4.79 Å². The second kappa shape index (κ2) is 9.78. The van der Waals surface area contributed by atoms with Crippen LogP contribution < -0.4 is 16.0 Å². The van der Waals surface area contributed by atoms with Crippen molar-refractivity contribution in [2.24, 2.45) is 0 Å². The van der Waals surface area contributed by atoms with E-state index in [0.717, 1.165) is 40.6 Å². The van der Waals surface area contributed by atoms with E-state index < -0.39 is 0 Å². The molecule has 7 nitrogen and oxygen atoms in total.